The number of amides is 1. The number of benzene rings is 1. The molecule has 8 nitrogen and oxygen atoms in total. The Kier molecular flexibility index (Phi) is 5.11. The number of fused-ring (bicyclic) bond motifs is 9. The van der Waals surface area contributed by atoms with E-state index in [1.54, 1.807) is 41.0 Å². The number of rotatable bonds is 4. The van der Waals surface area contributed by atoms with Crippen LogP contribution in [0.3, 0.4) is 0 Å². The number of halogens is 3. The average Bonchev–Trinajstić information content (AvgIpc) is 3.40. The van der Waals surface area contributed by atoms with Gasteiger partial charge in [0.25, 0.3) is 5.91 Å². The van der Waals surface area contributed by atoms with Crippen LogP contribution in [-0.2, 0) is 5.54 Å². The lowest BCUT2D eigenvalue weighted by Gasteiger charge is -2.41. The molecular formula is C28H24F3N5O3. The standard InChI is InChI=1S/C28H24F3N5O3/c1-35-20-9-17(22-16(26(35)38)3-2-4-21(22)39-27(30)31)23-19-8-13(5-6-36(19)34-24(20)23)14-7-18(29)25(33-12-14)28(32)10-15(37)11-28/h2-8,12,15,17,20,27,37H,9-11,32H2,1H3/t15?,17-,20-,28?/m1/s1. The zero-order valence-corrected chi connectivity index (χ0v) is 20.8. The van der Waals surface area contributed by atoms with Crippen LogP contribution in [0.1, 0.15) is 64.1 Å². The predicted octanol–water partition coefficient (Wildman–Crippen LogP) is 4.11. The molecular weight excluding hydrogens is 511 g/mol. The highest BCUT2D eigenvalue weighted by Crippen LogP contribution is 2.53. The van der Waals surface area contributed by atoms with E-state index in [2.05, 4.69) is 4.98 Å². The molecule has 3 N–H and O–H groups in total. The zero-order valence-electron chi connectivity index (χ0n) is 20.8. The molecule has 4 heterocycles. The van der Waals surface area contributed by atoms with Crippen LogP contribution in [0.5, 0.6) is 5.75 Å². The molecule has 1 aromatic carbocycles. The fraction of sp³-hybridized carbons (Fsp3) is 0.321. The molecule has 1 saturated carbocycles. The molecule has 0 radical (unpaired) electrons. The lowest BCUT2D eigenvalue weighted by atomic mass is 9.72. The molecule has 3 aromatic heterocycles. The summed E-state index contributed by atoms with van der Waals surface area (Å²) < 4.78 is 48.3. The van der Waals surface area contributed by atoms with Gasteiger partial charge in [-0.3, -0.25) is 9.78 Å². The Hall–Kier alpha value is -3.96. The third-order valence-corrected chi connectivity index (χ3v) is 8.32. The number of nitrogens with zero attached hydrogens (tertiary/aromatic N) is 4. The molecule has 0 unspecified atom stereocenters. The highest BCUT2D eigenvalue weighted by atomic mass is 19.3. The van der Waals surface area contributed by atoms with Gasteiger partial charge in [0.05, 0.1) is 34.6 Å². The first-order chi connectivity index (χ1) is 18.6. The van der Waals surface area contributed by atoms with Gasteiger partial charge in [-0.05, 0) is 55.2 Å². The number of pyridine rings is 2. The number of carbonyl (C=O) groups is 1. The van der Waals surface area contributed by atoms with Crippen molar-refractivity contribution in [3.63, 3.8) is 0 Å². The van der Waals surface area contributed by atoms with Crippen LogP contribution >= 0.6 is 0 Å². The SMILES string of the molecule is CN1C(=O)c2cccc(OC(F)F)c2[C@H]2C[C@@H]1c1nn3ccc(-c4cnc(C5(N)CC(O)C5)c(F)c4)cc3c12. The van der Waals surface area contributed by atoms with Gasteiger partial charge in [0.1, 0.15) is 11.6 Å². The number of alkyl halides is 2. The van der Waals surface area contributed by atoms with Gasteiger partial charge in [0, 0.05) is 47.6 Å². The van der Waals surface area contributed by atoms with Crippen LogP contribution in [0.15, 0.2) is 48.8 Å². The Morgan fingerprint density at radius 2 is 1.97 bits per heavy atom. The average molecular weight is 536 g/mol. The van der Waals surface area contributed by atoms with Gasteiger partial charge >= 0.3 is 6.61 Å². The monoisotopic (exact) mass is 535 g/mol. The number of aromatic nitrogens is 3. The highest BCUT2D eigenvalue weighted by Gasteiger charge is 2.46. The third-order valence-electron chi connectivity index (χ3n) is 8.32. The van der Waals surface area contributed by atoms with E-state index >= 15 is 4.39 Å². The summed E-state index contributed by atoms with van der Waals surface area (Å²) in [7, 11) is 1.69. The quantitative estimate of drug-likeness (QED) is 0.408. The second kappa shape index (κ2) is 8.27. The largest absolute Gasteiger partial charge is 0.434 e. The Bertz CT molecular complexity index is 1670. The Morgan fingerprint density at radius 3 is 2.69 bits per heavy atom. The Labute approximate surface area is 220 Å². The van der Waals surface area contributed by atoms with Gasteiger partial charge < -0.3 is 20.5 Å². The number of ether oxygens (including phenoxy) is 1. The maximum absolute atomic E-state index is 15.1. The number of nitrogens with two attached hydrogens (primary N) is 1. The van der Waals surface area contributed by atoms with Crippen LogP contribution in [0.4, 0.5) is 13.2 Å². The smallest absolute Gasteiger partial charge is 0.387 e. The van der Waals surface area contributed by atoms with Crippen LogP contribution < -0.4 is 10.5 Å². The third kappa shape index (κ3) is 3.49. The topological polar surface area (TPSA) is 106 Å². The number of hydrogen-bond donors (Lipinski definition) is 2. The lowest BCUT2D eigenvalue weighted by molar-refractivity contribution is -0.0505. The van der Waals surface area contributed by atoms with E-state index in [0.717, 1.165) is 11.1 Å². The predicted molar refractivity (Wildman–Crippen MR) is 134 cm³/mol. The van der Waals surface area contributed by atoms with E-state index in [1.807, 2.05) is 6.07 Å². The summed E-state index contributed by atoms with van der Waals surface area (Å²) >= 11 is 0. The van der Waals surface area contributed by atoms with Crippen molar-refractivity contribution in [2.75, 3.05) is 7.05 Å². The molecule has 0 spiro atoms. The molecule has 2 atom stereocenters. The van der Waals surface area contributed by atoms with Crippen molar-refractivity contribution in [1.29, 1.82) is 0 Å². The van der Waals surface area contributed by atoms with E-state index in [1.165, 1.54) is 18.2 Å². The van der Waals surface area contributed by atoms with Gasteiger partial charge in [-0.2, -0.15) is 13.9 Å². The van der Waals surface area contributed by atoms with Crippen molar-refractivity contribution in [1.82, 2.24) is 19.5 Å². The molecule has 11 heteroatoms. The lowest BCUT2D eigenvalue weighted by Crippen LogP contribution is -2.52. The van der Waals surface area contributed by atoms with Crippen LogP contribution in [0, 0.1) is 5.82 Å². The summed E-state index contributed by atoms with van der Waals surface area (Å²) in [6.07, 6.45) is 3.73. The van der Waals surface area contributed by atoms with E-state index < -0.39 is 30.0 Å². The van der Waals surface area contributed by atoms with E-state index in [0.29, 0.717) is 34.4 Å². The zero-order chi connectivity index (χ0) is 27.2. The minimum atomic E-state index is -3.04. The Balaban J connectivity index is 1.36. The minimum absolute atomic E-state index is 0.0306. The molecule has 2 aliphatic carbocycles. The first kappa shape index (κ1) is 24.1. The van der Waals surface area contributed by atoms with E-state index in [-0.39, 0.29) is 36.2 Å². The van der Waals surface area contributed by atoms with Crippen molar-refractivity contribution in [3.8, 4) is 16.9 Å². The number of carbonyl (C=O) groups excluding carboxylic acids is 1. The molecule has 1 amide bonds. The summed E-state index contributed by atoms with van der Waals surface area (Å²) in [6.45, 7) is -3.04. The fourth-order valence-electron chi connectivity index (χ4n) is 6.48. The molecule has 39 heavy (non-hydrogen) atoms. The number of aliphatic hydroxyl groups excluding tert-OH is 1. The van der Waals surface area contributed by atoms with Gasteiger partial charge in [0.2, 0.25) is 0 Å². The van der Waals surface area contributed by atoms with E-state index in [4.69, 9.17) is 15.6 Å². The highest BCUT2D eigenvalue weighted by molar-refractivity contribution is 5.98. The van der Waals surface area contributed by atoms with Crippen molar-refractivity contribution >= 4 is 11.4 Å². The van der Waals surface area contributed by atoms with Crippen LogP contribution in [0.2, 0.25) is 0 Å². The molecule has 7 rings (SSSR count). The summed E-state index contributed by atoms with van der Waals surface area (Å²) in [5.41, 5.74) is 9.57. The summed E-state index contributed by atoms with van der Waals surface area (Å²) in [4.78, 5) is 19.2. The molecule has 1 aliphatic heterocycles. The van der Waals surface area contributed by atoms with Gasteiger partial charge in [0.15, 0.2) is 0 Å². The van der Waals surface area contributed by atoms with Gasteiger partial charge in [-0.25, -0.2) is 8.91 Å². The maximum Gasteiger partial charge on any atom is 0.387 e. The first-order valence-corrected chi connectivity index (χ1v) is 12.6. The second-order valence-electron chi connectivity index (χ2n) is 10.6. The van der Waals surface area contributed by atoms with Crippen molar-refractivity contribution in [3.05, 3.63) is 82.7 Å². The minimum Gasteiger partial charge on any atom is -0.434 e. The molecule has 2 bridgehead atoms. The normalized spacial score (nSPS) is 25.5. The van der Waals surface area contributed by atoms with Crippen molar-refractivity contribution in [2.24, 2.45) is 5.73 Å². The number of hydrogen-bond acceptors (Lipinski definition) is 6. The van der Waals surface area contributed by atoms with Crippen LogP contribution in [0.25, 0.3) is 16.6 Å². The summed E-state index contributed by atoms with van der Waals surface area (Å²) in [5, 5.41) is 14.4. The van der Waals surface area contributed by atoms with E-state index in [9.17, 15) is 18.7 Å². The molecule has 0 saturated heterocycles. The van der Waals surface area contributed by atoms with Crippen LogP contribution in [-0.4, -0.2) is 50.3 Å². The second-order valence-corrected chi connectivity index (χ2v) is 10.6. The molecule has 200 valence electrons. The maximum atomic E-state index is 15.1. The fourth-order valence-corrected chi connectivity index (χ4v) is 6.48. The van der Waals surface area contributed by atoms with Gasteiger partial charge in [-0.15, -0.1) is 0 Å². The summed E-state index contributed by atoms with van der Waals surface area (Å²) in [6, 6.07) is 9.31. The molecule has 1 fully saturated rings. The van der Waals surface area contributed by atoms with Gasteiger partial charge in [-0.1, -0.05) is 6.07 Å². The first-order valence-electron chi connectivity index (χ1n) is 12.6. The molecule has 3 aliphatic rings. The molecule has 4 aromatic rings. The van der Waals surface area contributed by atoms with Crippen molar-refractivity contribution in [2.45, 2.75) is 49.5 Å². The number of aliphatic hydroxyl groups is 1. The summed E-state index contributed by atoms with van der Waals surface area (Å²) in [5.74, 6) is -1.26. The Morgan fingerprint density at radius 1 is 1.18 bits per heavy atom. The van der Waals surface area contributed by atoms with Crippen molar-refractivity contribution < 1.29 is 27.8 Å².